The summed E-state index contributed by atoms with van der Waals surface area (Å²) in [5.74, 6) is 1.61. The summed E-state index contributed by atoms with van der Waals surface area (Å²) in [5.41, 5.74) is 6.51. The molecule has 0 bridgehead atoms. The van der Waals surface area contributed by atoms with E-state index in [2.05, 4.69) is 25.4 Å². The standard InChI is InChI=1S/C13H13N7O/c1-21-11-9(5-4-8-16-11)17-13-18-12(14)20(19-13)10-6-2-3-7-15-10/h2-8H,1H3,(H3,14,17,18,19). The molecular weight excluding hydrogens is 270 g/mol. The molecule has 8 nitrogen and oxygen atoms in total. The molecule has 0 amide bonds. The van der Waals surface area contributed by atoms with E-state index >= 15 is 0 Å². The van der Waals surface area contributed by atoms with Crippen LogP contribution in [-0.4, -0.2) is 31.8 Å². The van der Waals surface area contributed by atoms with Crippen LogP contribution in [0.2, 0.25) is 0 Å². The highest BCUT2D eigenvalue weighted by Crippen LogP contribution is 2.23. The fraction of sp³-hybridized carbons (Fsp3) is 0.0769. The van der Waals surface area contributed by atoms with E-state index in [-0.39, 0.29) is 5.95 Å². The topological polar surface area (TPSA) is 104 Å². The molecule has 3 heterocycles. The van der Waals surface area contributed by atoms with Gasteiger partial charge in [-0.25, -0.2) is 9.97 Å². The molecule has 0 saturated carbocycles. The predicted octanol–water partition coefficient (Wildman–Crippen LogP) is 1.39. The van der Waals surface area contributed by atoms with Crippen LogP contribution in [0.5, 0.6) is 5.88 Å². The van der Waals surface area contributed by atoms with Crippen molar-refractivity contribution in [2.45, 2.75) is 0 Å². The fourth-order valence-corrected chi connectivity index (χ4v) is 1.79. The lowest BCUT2D eigenvalue weighted by Crippen LogP contribution is -2.04. The summed E-state index contributed by atoms with van der Waals surface area (Å²) < 4.78 is 6.61. The van der Waals surface area contributed by atoms with Crippen LogP contribution in [-0.2, 0) is 0 Å². The lowest BCUT2D eigenvalue weighted by Gasteiger charge is -2.06. The van der Waals surface area contributed by atoms with E-state index in [4.69, 9.17) is 10.5 Å². The highest BCUT2D eigenvalue weighted by atomic mass is 16.5. The number of anilines is 3. The zero-order valence-corrected chi connectivity index (χ0v) is 11.3. The molecule has 3 rings (SSSR count). The first-order valence-corrected chi connectivity index (χ1v) is 6.18. The van der Waals surface area contributed by atoms with E-state index in [0.29, 0.717) is 23.3 Å². The SMILES string of the molecule is COc1ncccc1Nc1nc(N)n(-c2ccccn2)n1. The molecule has 0 spiro atoms. The smallest absolute Gasteiger partial charge is 0.249 e. The normalized spacial score (nSPS) is 10.3. The number of nitrogens with zero attached hydrogens (tertiary/aromatic N) is 5. The maximum atomic E-state index is 5.86. The molecular formula is C13H13N7O. The Morgan fingerprint density at radius 1 is 1.14 bits per heavy atom. The van der Waals surface area contributed by atoms with Crippen LogP contribution >= 0.6 is 0 Å². The van der Waals surface area contributed by atoms with E-state index in [1.54, 1.807) is 31.6 Å². The van der Waals surface area contributed by atoms with Crippen molar-refractivity contribution in [3.8, 4) is 11.7 Å². The molecule has 0 atom stereocenters. The fourth-order valence-electron chi connectivity index (χ4n) is 1.79. The number of ether oxygens (including phenoxy) is 1. The minimum Gasteiger partial charge on any atom is -0.480 e. The van der Waals surface area contributed by atoms with Crippen LogP contribution in [0.1, 0.15) is 0 Å². The van der Waals surface area contributed by atoms with Gasteiger partial charge in [0.2, 0.25) is 17.8 Å². The zero-order valence-electron chi connectivity index (χ0n) is 11.3. The first-order chi connectivity index (χ1) is 10.3. The lowest BCUT2D eigenvalue weighted by molar-refractivity contribution is 0.400. The second kappa shape index (κ2) is 5.45. The molecule has 0 saturated heterocycles. The van der Waals surface area contributed by atoms with Crippen LogP contribution in [0.15, 0.2) is 42.7 Å². The Kier molecular flexibility index (Phi) is 3.34. The van der Waals surface area contributed by atoms with E-state index in [1.807, 2.05) is 18.2 Å². The molecule has 3 aromatic heterocycles. The Bertz CT molecular complexity index is 741. The Morgan fingerprint density at radius 3 is 2.76 bits per heavy atom. The molecule has 0 unspecified atom stereocenters. The molecule has 106 valence electrons. The van der Waals surface area contributed by atoms with Crippen molar-refractivity contribution >= 4 is 17.6 Å². The number of nitrogens with two attached hydrogens (primary N) is 1. The third-order valence-electron chi connectivity index (χ3n) is 2.71. The summed E-state index contributed by atoms with van der Waals surface area (Å²) in [6.45, 7) is 0. The highest BCUT2D eigenvalue weighted by Gasteiger charge is 2.11. The average molecular weight is 283 g/mol. The first-order valence-electron chi connectivity index (χ1n) is 6.18. The van der Waals surface area contributed by atoms with Crippen LogP contribution < -0.4 is 15.8 Å². The average Bonchev–Trinajstić information content (AvgIpc) is 2.89. The van der Waals surface area contributed by atoms with Gasteiger partial charge in [0.1, 0.15) is 5.69 Å². The third kappa shape index (κ3) is 2.59. The Hall–Kier alpha value is -3.16. The van der Waals surface area contributed by atoms with Gasteiger partial charge in [-0.05, 0) is 24.3 Å². The lowest BCUT2D eigenvalue weighted by atomic mass is 10.4. The van der Waals surface area contributed by atoms with Gasteiger partial charge in [-0.2, -0.15) is 9.67 Å². The van der Waals surface area contributed by atoms with Gasteiger partial charge < -0.3 is 15.8 Å². The highest BCUT2D eigenvalue weighted by molar-refractivity contribution is 5.60. The first kappa shape index (κ1) is 12.9. The minimum atomic E-state index is 0.235. The van der Waals surface area contributed by atoms with Crippen LogP contribution in [0, 0.1) is 0 Å². The summed E-state index contributed by atoms with van der Waals surface area (Å²) in [6, 6.07) is 9.05. The maximum absolute atomic E-state index is 5.86. The van der Waals surface area contributed by atoms with Gasteiger partial charge in [-0.1, -0.05) is 6.07 Å². The summed E-state index contributed by atoms with van der Waals surface area (Å²) >= 11 is 0. The number of pyridine rings is 2. The Morgan fingerprint density at radius 2 is 2.00 bits per heavy atom. The van der Waals surface area contributed by atoms with E-state index in [1.165, 1.54) is 4.68 Å². The zero-order chi connectivity index (χ0) is 14.7. The number of nitrogen functional groups attached to an aromatic ring is 1. The number of hydrogen-bond donors (Lipinski definition) is 2. The van der Waals surface area contributed by atoms with Gasteiger partial charge in [-0.3, -0.25) is 0 Å². The third-order valence-corrected chi connectivity index (χ3v) is 2.71. The second-order valence-electron chi connectivity index (χ2n) is 4.08. The van der Waals surface area contributed by atoms with Crippen molar-refractivity contribution in [3.63, 3.8) is 0 Å². The molecule has 8 heteroatoms. The predicted molar refractivity (Wildman–Crippen MR) is 77.6 cm³/mol. The van der Waals surface area contributed by atoms with Crippen LogP contribution in [0.3, 0.4) is 0 Å². The summed E-state index contributed by atoms with van der Waals surface area (Å²) in [7, 11) is 1.54. The quantitative estimate of drug-likeness (QED) is 0.745. The molecule has 0 aliphatic heterocycles. The molecule has 3 N–H and O–H groups in total. The molecule has 0 aromatic carbocycles. The van der Waals surface area contributed by atoms with Gasteiger partial charge in [0.25, 0.3) is 0 Å². The number of rotatable bonds is 4. The largest absolute Gasteiger partial charge is 0.480 e. The van der Waals surface area contributed by atoms with Gasteiger partial charge in [-0.15, -0.1) is 5.10 Å². The summed E-state index contributed by atoms with van der Waals surface area (Å²) in [5, 5.41) is 7.29. The van der Waals surface area contributed by atoms with Crippen molar-refractivity contribution in [2.24, 2.45) is 0 Å². The van der Waals surface area contributed by atoms with Crippen molar-refractivity contribution in [3.05, 3.63) is 42.7 Å². The van der Waals surface area contributed by atoms with Gasteiger partial charge in [0.15, 0.2) is 5.82 Å². The molecule has 0 radical (unpaired) electrons. The molecule has 0 fully saturated rings. The van der Waals surface area contributed by atoms with Gasteiger partial charge in [0, 0.05) is 12.4 Å². The van der Waals surface area contributed by atoms with Crippen molar-refractivity contribution in [1.29, 1.82) is 0 Å². The molecule has 0 aliphatic carbocycles. The van der Waals surface area contributed by atoms with Crippen LogP contribution in [0.25, 0.3) is 5.82 Å². The second-order valence-corrected chi connectivity index (χ2v) is 4.08. The summed E-state index contributed by atoms with van der Waals surface area (Å²) in [6.07, 6.45) is 3.30. The van der Waals surface area contributed by atoms with Crippen molar-refractivity contribution in [1.82, 2.24) is 24.7 Å². The number of aromatic nitrogens is 5. The molecule has 0 aliphatic rings. The minimum absolute atomic E-state index is 0.235. The summed E-state index contributed by atoms with van der Waals surface area (Å²) in [4.78, 5) is 12.4. The van der Waals surface area contributed by atoms with E-state index in [0.717, 1.165) is 0 Å². The Balaban J connectivity index is 1.91. The van der Waals surface area contributed by atoms with Gasteiger partial charge in [0.05, 0.1) is 7.11 Å². The van der Waals surface area contributed by atoms with E-state index < -0.39 is 0 Å². The number of methoxy groups -OCH3 is 1. The number of nitrogens with one attached hydrogen (secondary N) is 1. The monoisotopic (exact) mass is 283 g/mol. The van der Waals surface area contributed by atoms with E-state index in [9.17, 15) is 0 Å². The molecule has 3 aromatic rings. The van der Waals surface area contributed by atoms with Crippen LogP contribution in [0.4, 0.5) is 17.6 Å². The Labute approximate surface area is 120 Å². The van der Waals surface area contributed by atoms with Crippen molar-refractivity contribution in [2.75, 3.05) is 18.2 Å². The van der Waals surface area contributed by atoms with Gasteiger partial charge >= 0.3 is 0 Å². The molecule has 21 heavy (non-hydrogen) atoms. The van der Waals surface area contributed by atoms with Crippen molar-refractivity contribution < 1.29 is 4.74 Å². The maximum Gasteiger partial charge on any atom is 0.249 e. The number of hydrogen-bond acceptors (Lipinski definition) is 7.